The van der Waals surface area contributed by atoms with E-state index in [1.165, 1.54) is 6.07 Å². The molecule has 1 aromatic carbocycles. The molecule has 0 aromatic heterocycles. The lowest BCUT2D eigenvalue weighted by Crippen LogP contribution is -2.14. The van der Waals surface area contributed by atoms with Crippen molar-refractivity contribution in [3.05, 3.63) is 35.4 Å². The second-order valence-corrected chi connectivity index (χ2v) is 3.73. The van der Waals surface area contributed by atoms with Gasteiger partial charge in [-0.2, -0.15) is 0 Å². The molecule has 4 heteroatoms. The highest BCUT2D eigenvalue weighted by atomic mass is 19.1. The van der Waals surface area contributed by atoms with Crippen LogP contribution in [0.4, 0.5) is 8.78 Å². The van der Waals surface area contributed by atoms with Crippen LogP contribution in [0.3, 0.4) is 0 Å². The Morgan fingerprint density at radius 1 is 1.40 bits per heavy atom. The van der Waals surface area contributed by atoms with Crippen LogP contribution in [0, 0.1) is 17.6 Å². The van der Waals surface area contributed by atoms with Gasteiger partial charge >= 0.3 is 0 Å². The van der Waals surface area contributed by atoms with Crippen LogP contribution in [0.1, 0.15) is 18.1 Å². The van der Waals surface area contributed by atoms with Crippen LogP contribution in [-0.2, 0) is 4.74 Å². The van der Waals surface area contributed by atoms with Gasteiger partial charge in [-0.25, -0.2) is 8.78 Å². The third-order valence-corrected chi connectivity index (χ3v) is 2.69. The molecule has 0 bridgehead atoms. The van der Waals surface area contributed by atoms with E-state index in [4.69, 9.17) is 4.74 Å². The zero-order chi connectivity index (χ0) is 10.8. The summed E-state index contributed by atoms with van der Waals surface area (Å²) in [6.07, 6.45) is -0.203. The fourth-order valence-corrected chi connectivity index (χ4v) is 1.80. The SMILES string of the molecule is OC(c1ccc(F)cc1F)C1CCOC1. The van der Waals surface area contributed by atoms with Gasteiger partial charge < -0.3 is 9.84 Å². The van der Waals surface area contributed by atoms with Crippen molar-refractivity contribution in [2.75, 3.05) is 13.2 Å². The van der Waals surface area contributed by atoms with Crippen molar-refractivity contribution >= 4 is 0 Å². The zero-order valence-electron chi connectivity index (χ0n) is 8.12. The Bertz CT molecular complexity index is 348. The normalized spacial score (nSPS) is 23.0. The van der Waals surface area contributed by atoms with Crippen molar-refractivity contribution in [3.63, 3.8) is 0 Å². The van der Waals surface area contributed by atoms with E-state index in [9.17, 15) is 13.9 Å². The molecule has 2 rings (SSSR count). The maximum absolute atomic E-state index is 13.3. The maximum Gasteiger partial charge on any atom is 0.131 e. The first kappa shape index (κ1) is 10.5. The monoisotopic (exact) mass is 214 g/mol. The predicted octanol–water partition coefficient (Wildman–Crippen LogP) is 2.03. The molecule has 2 nitrogen and oxygen atoms in total. The standard InChI is InChI=1S/C11H12F2O2/c12-8-1-2-9(10(13)5-8)11(14)7-3-4-15-6-7/h1-2,5,7,11,14H,3-4,6H2. The molecular formula is C11H12F2O2. The second kappa shape index (κ2) is 4.24. The molecule has 2 atom stereocenters. The van der Waals surface area contributed by atoms with Gasteiger partial charge in [0.05, 0.1) is 12.7 Å². The molecule has 1 aliphatic rings. The summed E-state index contributed by atoms with van der Waals surface area (Å²) in [5, 5.41) is 9.85. The van der Waals surface area contributed by atoms with E-state index >= 15 is 0 Å². The van der Waals surface area contributed by atoms with Crippen molar-refractivity contribution < 1.29 is 18.6 Å². The number of hydrogen-bond acceptors (Lipinski definition) is 2. The summed E-state index contributed by atoms with van der Waals surface area (Å²) in [4.78, 5) is 0. The minimum Gasteiger partial charge on any atom is -0.388 e. The molecule has 0 radical (unpaired) electrons. The van der Waals surface area contributed by atoms with Crippen LogP contribution in [0.15, 0.2) is 18.2 Å². The second-order valence-electron chi connectivity index (χ2n) is 3.73. The Hall–Kier alpha value is -1.00. The first-order chi connectivity index (χ1) is 7.18. The number of ether oxygens (including phenoxy) is 1. The first-order valence-electron chi connectivity index (χ1n) is 4.89. The van der Waals surface area contributed by atoms with Crippen molar-refractivity contribution in [2.24, 2.45) is 5.92 Å². The van der Waals surface area contributed by atoms with Crippen molar-refractivity contribution in [1.29, 1.82) is 0 Å². The summed E-state index contributed by atoms with van der Waals surface area (Å²) in [5.74, 6) is -1.43. The Morgan fingerprint density at radius 3 is 2.80 bits per heavy atom. The molecule has 0 spiro atoms. The topological polar surface area (TPSA) is 29.5 Å². The number of hydrogen-bond donors (Lipinski definition) is 1. The van der Waals surface area contributed by atoms with E-state index in [0.29, 0.717) is 19.6 Å². The molecule has 0 aliphatic carbocycles. The Balaban J connectivity index is 2.20. The molecule has 1 saturated heterocycles. The lowest BCUT2D eigenvalue weighted by Gasteiger charge is -2.17. The van der Waals surface area contributed by atoms with E-state index in [1.807, 2.05) is 0 Å². The summed E-state index contributed by atoms with van der Waals surface area (Å²) in [6, 6.07) is 3.22. The van der Waals surface area contributed by atoms with Gasteiger partial charge in [-0.15, -0.1) is 0 Å². The highest BCUT2D eigenvalue weighted by Crippen LogP contribution is 2.30. The van der Waals surface area contributed by atoms with Crippen molar-refractivity contribution in [3.8, 4) is 0 Å². The van der Waals surface area contributed by atoms with E-state index in [0.717, 1.165) is 12.1 Å². The molecule has 1 fully saturated rings. The summed E-state index contributed by atoms with van der Waals surface area (Å²) < 4.78 is 31.1. The summed E-state index contributed by atoms with van der Waals surface area (Å²) in [7, 11) is 0. The molecule has 1 N–H and O–H groups in total. The summed E-state index contributed by atoms with van der Waals surface area (Å²) in [5.41, 5.74) is 0.145. The minimum atomic E-state index is -0.909. The Labute approximate surface area is 86.5 Å². The van der Waals surface area contributed by atoms with Gasteiger partial charge in [0.15, 0.2) is 0 Å². The number of aliphatic hydroxyl groups excluding tert-OH is 1. The van der Waals surface area contributed by atoms with Crippen LogP contribution >= 0.6 is 0 Å². The van der Waals surface area contributed by atoms with Crippen LogP contribution in [0.2, 0.25) is 0 Å². The number of halogens is 2. The maximum atomic E-state index is 13.3. The van der Waals surface area contributed by atoms with Crippen molar-refractivity contribution in [2.45, 2.75) is 12.5 Å². The van der Waals surface area contributed by atoms with E-state index in [1.54, 1.807) is 0 Å². The molecule has 1 aromatic rings. The highest BCUT2D eigenvalue weighted by Gasteiger charge is 2.27. The van der Waals surface area contributed by atoms with E-state index in [2.05, 4.69) is 0 Å². The van der Waals surface area contributed by atoms with Gasteiger partial charge in [-0.05, 0) is 12.5 Å². The third kappa shape index (κ3) is 2.16. The molecule has 2 unspecified atom stereocenters. The molecule has 82 valence electrons. The molecule has 1 heterocycles. The van der Waals surface area contributed by atoms with Gasteiger partial charge in [-0.3, -0.25) is 0 Å². The Kier molecular flexibility index (Phi) is 2.98. The van der Waals surface area contributed by atoms with E-state index in [-0.39, 0.29) is 11.5 Å². The molecule has 0 saturated carbocycles. The van der Waals surface area contributed by atoms with Crippen molar-refractivity contribution in [1.82, 2.24) is 0 Å². The van der Waals surface area contributed by atoms with Gasteiger partial charge in [0, 0.05) is 24.2 Å². The van der Waals surface area contributed by atoms with Gasteiger partial charge in [0.2, 0.25) is 0 Å². The molecule has 1 aliphatic heterocycles. The summed E-state index contributed by atoms with van der Waals surface area (Å²) in [6.45, 7) is 1.02. The molecule has 15 heavy (non-hydrogen) atoms. The van der Waals surface area contributed by atoms with Crippen LogP contribution < -0.4 is 0 Å². The fraction of sp³-hybridized carbons (Fsp3) is 0.455. The number of rotatable bonds is 2. The highest BCUT2D eigenvalue weighted by molar-refractivity contribution is 5.21. The minimum absolute atomic E-state index is 0.0926. The quantitative estimate of drug-likeness (QED) is 0.816. The fourth-order valence-electron chi connectivity index (χ4n) is 1.80. The molecular weight excluding hydrogens is 202 g/mol. The van der Waals surface area contributed by atoms with E-state index < -0.39 is 17.7 Å². The smallest absolute Gasteiger partial charge is 0.131 e. The number of aliphatic hydroxyl groups is 1. The number of benzene rings is 1. The van der Waals surface area contributed by atoms with Gasteiger partial charge in [0.1, 0.15) is 11.6 Å². The Morgan fingerprint density at radius 2 is 2.20 bits per heavy atom. The van der Waals surface area contributed by atoms with Gasteiger partial charge in [0.25, 0.3) is 0 Å². The predicted molar refractivity (Wildman–Crippen MR) is 50.2 cm³/mol. The van der Waals surface area contributed by atoms with Crippen LogP contribution in [-0.4, -0.2) is 18.3 Å². The molecule has 0 amide bonds. The largest absolute Gasteiger partial charge is 0.388 e. The third-order valence-electron chi connectivity index (χ3n) is 2.69. The summed E-state index contributed by atoms with van der Waals surface area (Å²) >= 11 is 0. The average molecular weight is 214 g/mol. The lowest BCUT2D eigenvalue weighted by atomic mass is 9.95. The van der Waals surface area contributed by atoms with Gasteiger partial charge in [-0.1, -0.05) is 6.07 Å². The lowest BCUT2D eigenvalue weighted by molar-refractivity contribution is 0.0888. The van der Waals surface area contributed by atoms with Crippen LogP contribution in [0.25, 0.3) is 0 Å². The van der Waals surface area contributed by atoms with Crippen LogP contribution in [0.5, 0.6) is 0 Å². The zero-order valence-corrected chi connectivity index (χ0v) is 8.12. The average Bonchev–Trinajstić information content (AvgIpc) is 2.69. The first-order valence-corrected chi connectivity index (χ1v) is 4.89.